The van der Waals surface area contributed by atoms with Crippen LogP contribution in [0.5, 0.6) is 0 Å². The Labute approximate surface area is 146 Å². The molecule has 0 radical (unpaired) electrons. The fourth-order valence-corrected chi connectivity index (χ4v) is 3.81. The molecule has 3 heterocycles. The summed E-state index contributed by atoms with van der Waals surface area (Å²) in [5.41, 5.74) is 1.98. The predicted octanol–water partition coefficient (Wildman–Crippen LogP) is 2.93. The number of carbonyl (C=O) groups is 1. The third-order valence-corrected chi connectivity index (χ3v) is 5.12. The van der Waals surface area contributed by atoms with Gasteiger partial charge in [0.1, 0.15) is 10.7 Å². The summed E-state index contributed by atoms with van der Waals surface area (Å²) in [4.78, 5) is 22.1. The SMILES string of the molecule is CCCc1nnsc1C(=O)N1CCCC1c1ccnc(N(C)C)c1. The molecule has 6 nitrogen and oxygen atoms in total. The molecule has 7 heteroatoms. The summed E-state index contributed by atoms with van der Waals surface area (Å²) in [6, 6.07) is 4.20. The monoisotopic (exact) mass is 345 g/mol. The first-order chi connectivity index (χ1) is 11.6. The number of rotatable bonds is 5. The topological polar surface area (TPSA) is 62.2 Å². The van der Waals surface area contributed by atoms with Crippen molar-refractivity contribution in [1.29, 1.82) is 0 Å². The van der Waals surface area contributed by atoms with Crippen molar-refractivity contribution in [2.24, 2.45) is 0 Å². The normalized spacial score (nSPS) is 17.3. The molecule has 1 amide bonds. The highest BCUT2D eigenvalue weighted by Crippen LogP contribution is 2.34. The number of carbonyl (C=O) groups excluding carboxylic acids is 1. The lowest BCUT2D eigenvalue weighted by Crippen LogP contribution is -2.30. The highest BCUT2D eigenvalue weighted by molar-refractivity contribution is 7.08. The molecule has 1 aliphatic rings. The van der Waals surface area contributed by atoms with E-state index in [0.717, 1.165) is 49.3 Å². The molecule has 0 bridgehead atoms. The maximum Gasteiger partial charge on any atom is 0.268 e. The Morgan fingerprint density at radius 1 is 1.46 bits per heavy atom. The van der Waals surface area contributed by atoms with Crippen molar-refractivity contribution in [3.05, 3.63) is 34.5 Å². The average Bonchev–Trinajstić information content (AvgIpc) is 3.24. The van der Waals surface area contributed by atoms with Gasteiger partial charge in [0.15, 0.2) is 0 Å². The van der Waals surface area contributed by atoms with Crippen molar-refractivity contribution in [3.8, 4) is 0 Å². The lowest BCUT2D eigenvalue weighted by Gasteiger charge is -2.25. The number of nitrogens with zero attached hydrogens (tertiary/aromatic N) is 5. The Morgan fingerprint density at radius 2 is 2.29 bits per heavy atom. The highest BCUT2D eigenvalue weighted by Gasteiger charge is 2.33. The van der Waals surface area contributed by atoms with E-state index in [0.29, 0.717) is 4.88 Å². The van der Waals surface area contributed by atoms with Gasteiger partial charge in [0.25, 0.3) is 5.91 Å². The third-order valence-electron chi connectivity index (χ3n) is 4.36. The van der Waals surface area contributed by atoms with E-state index in [1.54, 1.807) is 0 Å². The molecule has 0 aromatic carbocycles. The van der Waals surface area contributed by atoms with Crippen LogP contribution in [0.2, 0.25) is 0 Å². The molecule has 1 unspecified atom stereocenters. The van der Waals surface area contributed by atoms with Crippen LogP contribution in [0.25, 0.3) is 0 Å². The van der Waals surface area contributed by atoms with Crippen molar-refractivity contribution < 1.29 is 4.79 Å². The standard InChI is InChI=1S/C17H23N5OS/c1-4-6-13-16(24-20-19-13)17(23)22-10-5-7-14(22)12-8-9-18-15(11-12)21(2)3/h8-9,11,14H,4-7,10H2,1-3H3. The summed E-state index contributed by atoms with van der Waals surface area (Å²) in [6.07, 6.45) is 5.59. The van der Waals surface area contributed by atoms with Gasteiger partial charge in [0, 0.05) is 26.8 Å². The fourth-order valence-electron chi connectivity index (χ4n) is 3.14. The second kappa shape index (κ2) is 7.25. The lowest BCUT2D eigenvalue weighted by atomic mass is 10.1. The van der Waals surface area contributed by atoms with Gasteiger partial charge in [-0.15, -0.1) is 5.10 Å². The quantitative estimate of drug-likeness (QED) is 0.834. The van der Waals surface area contributed by atoms with E-state index in [9.17, 15) is 4.79 Å². The van der Waals surface area contributed by atoms with Crippen LogP contribution in [0.4, 0.5) is 5.82 Å². The third kappa shape index (κ3) is 3.26. The Balaban J connectivity index is 1.86. The molecule has 24 heavy (non-hydrogen) atoms. The van der Waals surface area contributed by atoms with Gasteiger partial charge >= 0.3 is 0 Å². The van der Waals surface area contributed by atoms with E-state index >= 15 is 0 Å². The summed E-state index contributed by atoms with van der Waals surface area (Å²) in [5, 5.41) is 4.14. The summed E-state index contributed by atoms with van der Waals surface area (Å²) >= 11 is 1.22. The number of aryl methyl sites for hydroxylation is 1. The number of pyridine rings is 1. The molecular formula is C17H23N5OS. The number of aromatic nitrogens is 3. The molecule has 0 spiro atoms. The van der Waals surface area contributed by atoms with Crippen molar-refractivity contribution in [3.63, 3.8) is 0 Å². The maximum absolute atomic E-state index is 13.0. The zero-order chi connectivity index (χ0) is 17.1. The molecule has 1 fully saturated rings. The van der Waals surface area contributed by atoms with Gasteiger partial charge in [-0.25, -0.2) is 4.98 Å². The van der Waals surface area contributed by atoms with E-state index in [1.165, 1.54) is 11.5 Å². The lowest BCUT2D eigenvalue weighted by molar-refractivity contribution is 0.0739. The second-order valence-corrected chi connectivity index (χ2v) is 7.05. The number of hydrogen-bond donors (Lipinski definition) is 0. The van der Waals surface area contributed by atoms with Gasteiger partial charge in [-0.2, -0.15) is 0 Å². The van der Waals surface area contributed by atoms with E-state index in [2.05, 4.69) is 27.6 Å². The molecule has 0 saturated carbocycles. The summed E-state index contributed by atoms with van der Waals surface area (Å²) in [7, 11) is 3.95. The molecular weight excluding hydrogens is 322 g/mol. The number of anilines is 1. The molecule has 2 aromatic rings. The van der Waals surface area contributed by atoms with Gasteiger partial charge in [-0.05, 0) is 48.5 Å². The number of amides is 1. The summed E-state index contributed by atoms with van der Waals surface area (Å²) in [5.74, 6) is 0.983. The molecule has 1 saturated heterocycles. The molecule has 3 rings (SSSR count). The van der Waals surface area contributed by atoms with Crippen LogP contribution in [-0.4, -0.2) is 46.0 Å². The highest BCUT2D eigenvalue weighted by atomic mass is 32.1. The molecule has 1 aliphatic heterocycles. The minimum absolute atomic E-state index is 0.0687. The largest absolute Gasteiger partial charge is 0.363 e. The smallest absolute Gasteiger partial charge is 0.268 e. The van der Waals surface area contributed by atoms with Crippen LogP contribution >= 0.6 is 11.5 Å². The summed E-state index contributed by atoms with van der Waals surface area (Å²) < 4.78 is 4.00. The van der Waals surface area contributed by atoms with E-state index in [1.807, 2.05) is 36.2 Å². The van der Waals surface area contributed by atoms with Crippen LogP contribution in [-0.2, 0) is 6.42 Å². The first-order valence-electron chi connectivity index (χ1n) is 8.37. The Kier molecular flexibility index (Phi) is 5.08. The van der Waals surface area contributed by atoms with Crippen molar-refractivity contribution in [1.82, 2.24) is 19.5 Å². The molecule has 0 N–H and O–H groups in total. The average molecular weight is 345 g/mol. The van der Waals surface area contributed by atoms with Crippen LogP contribution in [0.3, 0.4) is 0 Å². The van der Waals surface area contributed by atoms with Gasteiger partial charge in [0.2, 0.25) is 0 Å². The summed E-state index contributed by atoms with van der Waals surface area (Å²) in [6.45, 7) is 2.87. The predicted molar refractivity (Wildman–Crippen MR) is 95.5 cm³/mol. The van der Waals surface area contributed by atoms with E-state index in [4.69, 9.17) is 0 Å². The van der Waals surface area contributed by atoms with Gasteiger partial charge in [-0.1, -0.05) is 17.8 Å². The van der Waals surface area contributed by atoms with Crippen LogP contribution < -0.4 is 4.90 Å². The Bertz CT molecular complexity index is 715. The van der Waals surface area contributed by atoms with Gasteiger partial charge in [0.05, 0.1) is 11.7 Å². The molecule has 0 aliphatic carbocycles. The first kappa shape index (κ1) is 16.8. The van der Waals surface area contributed by atoms with Gasteiger partial charge in [-0.3, -0.25) is 4.79 Å². The van der Waals surface area contributed by atoms with E-state index in [-0.39, 0.29) is 11.9 Å². The fraction of sp³-hybridized carbons (Fsp3) is 0.529. The molecule has 2 aromatic heterocycles. The number of likely N-dealkylation sites (tertiary alicyclic amines) is 1. The zero-order valence-electron chi connectivity index (χ0n) is 14.4. The Hall–Kier alpha value is -2.02. The van der Waals surface area contributed by atoms with E-state index < -0.39 is 0 Å². The Morgan fingerprint density at radius 3 is 3.04 bits per heavy atom. The second-order valence-electron chi connectivity index (χ2n) is 6.30. The minimum atomic E-state index is 0.0687. The van der Waals surface area contributed by atoms with Gasteiger partial charge < -0.3 is 9.80 Å². The van der Waals surface area contributed by atoms with Crippen molar-refractivity contribution >= 4 is 23.3 Å². The molecule has 128 valence electrons. The first-order valence-corrected chi connectivity index (χ1v) is 9.14. The van der Waals surface area contributed by atoms with Crippen molar-refractivity contribution in [2.45, 2.75) is 38.6 Å². The molecule has 1 atom stereocenters. The number of hydrogen-bond acceptors (Lipinski definition) is 6. The zero-order valence-corrected chi connectivity index (χ0v) is 15.2. The minimum Gasteiger partial charge on any atom is -0.363 e. The van der Waals surface area contributed by atoms with Crippen LogP contribution in [0, 0.1) is 0 Å². The van der Waals surface area contributed by atoms with Crippen LogP contribution in [0.15, 0.2) is 18.3 Å². The van der Waals surface area contributed by atoms with Crippen molar-refractivity contribution in [2.75, 3.05) is 25.5 Å². The maximum atomic E-state index is 13.0. The van der Waals surface area contributed by atoms with Crippen LogP contribution in [0.1, 0.15) is 53.2 Å².